The number of hydrogen-bond acceptors (Lipinski definition) is 2. The predicted octanol–water partition coefficient (Wildman–Crippen LogP) is 1.26. The Morgan fingerprint density at radius 2 is 1.87 bits per heavy atom. The maximum atomic E-state index is 12.0. The van der Waals surface area contributed by atoms with Gasteiger partial charge < -0.3 is 15.5 Å². The number of carbonyl (C=O) groups excluding carboxylic acids is 1. The fourth-order valence-corrected chi connectivity index (χ4v) is 1.93. The SMILES string of the molecule is CN(CCCN)C(=O)N1CCCCCC1. The second kappa shape index (κ2) is 6.67. The predicted molar refractivity (Wildman–Crippen MR) is 61.7 cm³/mol. The quantitative estimate of drug-likeness (QED) is 0.767. The van der Waals surface area contributed by atoms with Crippen molar-refractivity contribution in [2.24, 2.45) is 5.73 Å². The van der Waals surface area contributed by atoms with Gasteiger partial charge in [-0.1, -0.05) is 12.8 Å². The molecule has 0 spiro atoms. The lowest BCUT2D eigenvalue weighted by molar-refractivity contribution is 0.164. The number of amides is 2. The van der Waals surface area contributed by atoms with Gasteiger partial charge in [0.1, 0.15) is 0 Å². The summed E-state index contributed by atoms with van der Waals surface area (Å²) in [4.78, 5) is 15.7. The standard InChI is InChI=1S/C11H23N3O/c1-13(8-6-7-12)11(15)14-9-4-2-3-5-10-14/h2-10,12H2,1H3. The second-order valence-electron chi connectivity index (χ2n) is 4.25. The smallest absolute Gasteiger partial charge is 0.319 e. The number of nitrogens with two attached hydrogens (primary N) is 1. The average Bonchev–Trinajstić information content (AvgIpc) is 2.53. The molecule has 1 aliphatic heterocycles. The van der Waals surface area contributed by atoms with E-state index in [0.717, 1.165) is 38.9 Å². The van der Waals surface area contributed by atoms with Gasteiger partial charge in [-0.3, -0.25) is 0 Å². The first kappa shape index (κ1) is 12.3. The van der Waals surface area contributed by atoms with Crippen LogP contribution in [-0.2, 0) is 0 Å². The molecule has 0 radical (unpaired) electrons. The first-order valence-corrected chi connectivity index (χ1v) is 5.96. The van der Waals surface area contributed by atoms with E-state index in [0.29, 0.717) is 6.54 Å². The number of urea groups is 1. The van der Waals surface area contributed by atoms with E-state index in [9.17, 15) is 4.79 Å². The summed E-state index contributed by atoms with van der Waals surface area (Å²) in [6.07, 6.45) is 5.70. The van der Waals surface area contributed by atoms with E-state index in [1.165, 1.54) is 12.8 Å². The lowest BCUT2D eigenvalue weighted by Crippen LogP contribution is -2.42. The van der Waals surface area contributed by atoms with Crippen LogP contribution in [0.1, 0.15) is 32.1 Å². The van der Waals surface area contributed by atoms with Crippen molar-refractivity contribution < 1.29 is 4.79 Å². The minimum atomic E-state index is 0.172. The summed E-state index contributed by atoms with van der Waals surface area (Å²) in [6, 6.07) is 0.172. The third-order valence-corrected chi connectivity index (χ3v) is 2.90. The molecule has 4 heteroatoms. The maximum Gasteiger partial charge on any atom is 0.319 e. The highest BCUT2D eigenvalue weighted by Gasteiger charge is 2.18. The van der Waals surface area contributed by atoms with Crippen LogP contribution in [0.15, 0.2) is 0 Å². The zero-order valence-electron chi connectivity index (χ0n) is 9.74. The largest absolute Gasteiger partial charge is 0.330 e. The van der Waals surface area contributed by atoms with Crippen LogP contribution in [-0.4, -0.2) is 49.1 Å². The first-order chi connectivity index (χ1) is 7.25. The van der Waals surface area contributed by atoms with Crippen molar-refractivity contribution in [3.05, 3.63) is 0 Å². The molecule has 1 rings (SSSR count). The highest BCUT2D eigenvalue weighted by atomic mass is 16.2. The molecule has 4 nitrogen and oxygen atoms in total. The molecule has 1 saturated heterocycles. The molecule has 1 heterocycles. The Morgan fingerprint density at radius 3 is 2.40 bits per heavy atom. The summed E-state index contributed by atoms with van der Waals surface area (Å²) in [5, 5.41) is 0. The topological polar surface area (TPSA) is 49.6 Å². The minimum absolute atomic E-state index is 0.172. The van der Waals surface area contributed by atoms with Gasteiger partial charge in [-0.2, -0.15) is 0 Å². The van der Waals surface area contributed by atoms with Crippen LogP contribution in [0, 0.1) is 0 Å². The molecular weight excluding hydrogens is 190 g/mol. The van der Waals surface area contributed by atoms with E-state index in [1.54, 1.807) is 4.90 Å². The average molecular weight is 213 g/mol. The Labute approximate surface area is 92.4 Å². The second-order valence-corrected chi connectivity index (χ2v) is 4.25. The van der Waals surface area contributed by atoms with Crippen LogP contribution < -0.4 is 5.73 Å². The van der Waals surface area contributed by atoms with Gasteiger partial charge in [-0.05, 0) is 25.8 Å². The maximum absolute atomic E-state index is 12.0. The number of carbonyl (C=O) groups is 1. The number of nitrogens with zero attached hydrogens (tertiary/aromatic N) is 2. The zero-order chi connectivity index (χ0) is 11.1. The van der Waals surface area contributed by atoms with Gasteiger partial charge in [0.05, 0.1) is 0 Å². The Morgan fingerprint density at radius 1 is 1.27 bits per heavy atom. The summed E-state index contributed by atoms with van der Waals surface area (Å²) >= 11 is 0. The first-order valence-electron chi connectivity index (χ1n) is 5.96. The molecule has 0 bridgehead atoms. The molecular formula is C11H23N3O. The van der Waals surface area contributed by atoms with E-state index >= 15 is 0 Å². The van der Waals surface area contributed by atoms with Crippen molar-refractivity contribution in [2.75, 3.05) is 33.2 Å². The summed E-state index contributed by atoms with van der Waals surface area (Å²) in [5.74, 6) is 0. The van der Waals surface area contributed by atoms with Crippen LogP contribution in [0.2, 0.25) is 0 Å². The Bertz CT molecular complexity index is 188. The van der Waals surface area contributed by atoms with Crippen LogP contribution in [0.3, 0.4) is 0 Å². The molecule has 2 amide bonds. The fourth-order valence-electron chi connectivity index (χ4n) is 1.93. The van der Waals surface area contributed by atoms with Gasteiger partial charge in [-0.15, -0.1) is 0 Å². The molecule has 0 atom stereocenters. The lowest BCUT2D eigenvalue weighted by atomic mass is 10.2. The Kier molecular flexibility index (Phi) is 5.47. The molecule has 0 aliphatic carbocycles. The molecule has 0 aromatic carbocycles. The summed E-state index contributed by atoms with van der Waals surface area (Å²) < 4.78 is 0. The molecule has 0 aromatic rings. The third kappa shape index (κ3) is 4.08. The van der Waals surface area contributed by atoms with Gasteiger partial charge in [-0.25, -0.2) is 4.79 Å². The van der Waals surface area contributed by atoms with E-state index in [2.05, 4.69) is 0 Å². The van der Waals surface area contributed by atoms with Gasteiger partial charge in [0, 0.05) is 26.7 Å². The number of likely N-dealkylation sites (tertiary alicyclic amines) is 1. The zero-order valence-corrected chi connectivity index (χ0v) is 9.74. The van der Waals surface area contributed by atoms with Crippen molar-refractivity contribution in [2.45, 2.75) is 32.1 Å². The van der Waals surface area contributed by atoms with Crippen molar-refractivity contribution in [3.8, 4) is 0 Å². The Hall–Kier alpha value is -0.770. The molecule has 0 saturated carbocycles. The molecule has 15 heavy (non-hydrogen) atoms. The van der Waals surface area contributed by atoms with Crippen molar-refractivity contribution in [1.82, 2.24) is 9.80 Å². The third-order valence-electron chi connectivity index (χ3n) is 2.90. The van der Waals surface area contributed by atoms with Crippen LogP contribution in [0.4, 0.5) is 4.79 Å². The molecule has 88 valence electrons. The van der Waals surface area contributed by atoms with Crippen molar-refractivity contribution in [1.29, 1.82) is 0 Å². The van der Waals surface area contributed by atoms with Crippen LogP contribution in [0.25, 0.3) is 0 Å². The van der Waals surface area contributed by atoms with E-state index in [4.69, 9.17) is 5.73 Å². The summed E-state index contributed by atoms with van der Waals surface area (Å²) in [6.45, 7) is 3.26. The van der Waals surface area contributed by atoms with E-state index in [1.807, 2.05) is 11.9 Å². The summed E-state index contributed by atoms with van der Waals surface area (Å²) in [5.41, 5.74) is 5.43. The van der Waals surface area contributed by atoms with E-state index in [-0.39, 0.29) is 6.03 Å². The van der Waals surface area contributed by atoms with Gasteiger partial charge in [0.25, 0.3) is 0 Å². The molecule has 1 fully saturated rings. The molecule has 2 N–H and O–H groups in total. The van der Waals surface area contributed by atoms with Gasteiger partial charge >= 0.3 is 6.03 Å². The lowest BCUT2D eigenvalue weighted by Gasteiger charge is -2.26. The van der Waals surface area contributed by atoms with Gasteiger partial charge in [0.15, 0.2) is 0 Å². The Balaban J connectivity index is 2.35. The minimum Gasteiger partial charge on any atom is -0.330 e. The van der Waals surface area contributed by atoms with Gasteiger partial charge in [0.2, 0.25) is 0 Å². The monoisotopic (exact) mass is 213 g/mol. The van der Waals surface area contributed by atoms with Crippen LogP contribution >= 0.6 is 0 Å². The van der Waals surface area contributed by atoms with E-state index < -0.39 is 0 Å². The molecule has 0 aromatic heterocycles. The number of rotatable bonds is 3. The fraction of sp³-hybridized carbons (Fsp3) is 0.909. The normalized spacial score (nSPS) is 17.3. The van der Waals surface area contributed by atoms with Crippen molar-refractivity contribution >= 4 is 6.03 Å². The van der Waals surface area contributed by atoms with Crippen LogP contribution in [0.5, 0.6) is 0 Å². The van der Waals surface area contributed by atoms with Crippen molar-refractivity contribution in [3.63, 3.8) is 0 Å². The number of hydrogen-bond donors (Lipinski definition) is 1. The molecule has 1 aliphatic rings. The summed E-state index contributed by atoms with van der Waals surface area (Å²) in [7, 11) is 1.86. The highest BCUT2D eigenvalue weighted by molar-refractivity contribution is 5.74. The highest BCUT2D eigenvalue weighted by Crippen LogP contribution is 2.11. The molecule has 0 unspecified atom stereocenters.